The maximum absolute atomic E-state index is 5.38. The molecule has 0 aliphatic heterocycles. The van der Waals surface area contributed by atoms with Crippen LogP contribution in [0, 0.1) is 0 Å². The van der Waals surface area contributed by atoms with Gasteiger partial charge < -0.3 is 15.4 Å². The third kappa shape index (κ3) is 4.25. The van der Waals surface area contributed by atoms with E-state index in [0.29, 0.717) is 11.8 Å². The summed E-state index contributed by atoms with van der Waals surface area (Å²) in [6.07, 6.45) is 4.75. The van der Waals surface area contributed by atoms with Crippen LogP contribution < -0.4 is 15.4 Å². The second-order valence-corrected chi connectivity index (χ2v) is 4.95. The lowest BCUT2D eigenvalue weighted by atomic mass is 10.2. The van der Waals surface area contributed by atoms with Crippen LogP contribution in [0.3, 0.4) is 0 Å². The number of ether oxygens (including phenoxy) is 1. The van der Waals surface area contributed by atoms with Crippen LogP contribution in [0.5, 0.6) is 5.75 Å². The van der Waals surface area contributed by atoms with Crippen molar-refractivity contribution in [2.75, 3.05) is 36.3 Å². The molecule has 0 aromatic carbocycles. The van der Waals surface area contributed by atoms with Gasteiger partial charge in [-0.1, -0.05) is 0 Å². The molecule has 1 unspecified atom stereocenters. The Bertz CT molecular complexity index is 362. The molecule has 0 spiro atoms. The summed E-state index contributed by atoms with van der Waals surface area (Å²) >= 11 is 1.85. The summed E-state index contributed by atoms with van der Waals surface area (Å²) in [5, 5.41) is 6.53. The summed E-state index contributed by atoms with van der Waals surface area (Å²) in [6, 6.07) is 0.357. The molecule has 2 N–H and O–H groups in total. The maximum atomic E-state index is 5.38. The number of methoxy groups -OCH3 is 1. The topological polar surface area (TPSA) is 59.1 Å². The highest BCUT2D eigenvalue weighted by Gasteiger charge is 2.13. The van der Waals surface area contributed by atoms with E-state index in [1.807, 2.05) is 18.7 Å². The normalized spacial score (nSPS) is 12.0. The SMILES string of the molecule is CCNc1ncnc(NC(C)CCSC)c1OC. The Balaban J connectivity index is 2.77. The van der Waals surface area contributed by atoms with E-state index in [-0.39, 0.29) is 0 Å². The van der Waals surface area contributed by atoms with Gasteiger partial charge in [-0.25, -0.2) is 9.97 Å². The van der Waals surface area contributed by atoms with Crippen molar-refractivity contribution in [2.24, 2.45) is 0 Å². The van der Waals surface area contributed by atoms with Gasteiger partial charge >= 0.3 is 0 Å². The van der Waals surface area contributed by atoms with Crippen molar-refractivity contribution in [3.05, 3.63) is 6.33 Å². The molecule has 0 aliphatic rings. The highest BCUT2D eigenvalue weighted by atomic mass is 32.2. The van der Waals surface area contributed by atoms with E-state index in [9.17, 15) is 0 Å². The molecule has 0 saturated heterocycles. The van der Waals surface area contributed by atoms with Gasteiger partial charge in [-0.15, -0.1) is 0 Å². The smallest absolute Gasteiger partial charge is 0.204 e. The molecule has 18 heavy (non-hydrogen) atoms. The fourth-order valence-electron chi connectivity index (χ4n) is 1.56. The van der Waals surface area contributed by atoms with E-state index in [2.05, 4.69) is 33.8 Å². The fourth-order valence-corrected chi connectivity index (χ4v) is 2.15. The predicted octanol–water partition coefficient (Wildman–Crippen LogP) is 2.47. The first-order valence-corrected chi connectivity index (χ1v) is 7.50. The molecule has 1 heterocycles. The van der Waals surface area contributed by atoms with Crippen molar-refractivity contribution in [2.45, 2.75) is 26.3 Å². The maximum Gasteiger partial charge on any atom is 0.204 e. The molecule has 0 fully saturated rings. The number of nitrogens with one attached hydrogen (secondary N) is 2. The second-order valence-electron chi connectivity index (χ2n) is 3.96. The van der Waals surface area contributed by atoms with Gasteiger partial charge in [0.1, 0.15) is 6.33 Å². The number of nitrogens with zero attached hydrogens (tertiary/aromatic N) is 2. The van der Waals surface area contributed by atoms with Crippen LogP contribution >= 0.6 is 11.8 Å². The molecule has 5 nitrogen and oxygen atoms in total. The average Bonchev–Trinajstić information content (AvgIpc) is 2.37. The summed E-state index contributed by atoms with van der Waals surface area (Å²) in [5.74, 6) is 3.28. The number of aromatic nitrogens is 2. The molecule has 0 bridgehead atoms. The molecule has 1 atom stereocenters. The molecule has 0 amide bonds. The molecule has 0 radical (unpaired) electrons. The summed E-state index contributed by atoms with van der Waals surface area (Å²) in [5.41, 5.74) is 0. The molecule has 1 aromatic rings. The molecule has 1 aromatic heterocycles. The van der Waals surface area contributed by atoms with Gasteiger partial charge in [0.05, 0.1) is 7.11 Å². The van der Waals surface area contributed by atoms with Gasteiger partial charge in [-0.3, -0.25) is 0 Å². The van der Waals surface area contributed by atoms with Crippen LogP contribution in [0.1, 0.15) is 20.3 Å². The van der Waals surface area contributed by atoms with Gasteiger partial charge in [0.15, 0.2) is 11.6 Å². The first-order valence-electron chi connectivity index (χ1n) is 6.11. The molecular weight excluding hydrogens is 248 g/mol. The van der Waals surface area contributed by atoms with Gasteiger partial charge in [0.25, 0.3) is 0 Å². The summed E-state index contributed by atoms with van der Waals surface area (Å²) in [4.78, 5) is 8.42. The highest BCUT2D eigenvalue weighted by molar-refractivity contribution is 7.98. The quantitative estimate of drug-likeness (QED) is 0.757. The van der Waals surface area contributed by atoms with Crippen LogP contribution in [-0.4, -0.2) is 41.7 Å². The van der Waals surface area contributed by atoms with E-state index in [4.69, 9.17) is 4.74 Å². The second kappa shape index (κ2) is 8.02. The fraction of sp³-hybridized carbons (Fsp3) is 0.667. The minimum atomic E-state index is 0.357. The van der Waals surface area contributed by atoms with E-state index in [1.165, 1.54) is 0 Å². The zero-order valence-corrected chi connectivity index (χ0v) is 12.3. The van der Waals surface area contributed by atoms with Crippen LogP contribution in [0.15, 0.2) is 6.33 Å². The Morgan fingerprint density at radius 3 is 2.72 bits per heavy atom. The van der Waals surface area contributed by atoms with Crippen molar-refractivity contribution in [1.82, 2.24) is 9.97 Å². The van der Waals surface area contributed by atoms with E-state index >= 15 is 0 Å². The number of thioether (sulfide) groups is 1. The minimum Gasteiger partial charge on any atom is -0.490 e. The molecular formula is C12H22N4OS. The lowest BCUT2D eigenvalue weighted by Gasteiger charge is -2.17. The van der Waals surface area contributed by atoms with Crippen LogP contribution in [-0.2, 0) is 0 Å². The first-order chi connectivity index (χ1) is 8.72. The number of anilines is 2. The first kappa shape index (κ1) is 14.9. The third-order valence-corrected chi connectivity index (χ3v) is 3.13. The molecule has 102 valence electrons. The van der Waals surface area contributed by atoms with Crippen molar-refractivity contribution >= 4 is 23.4 Å². The third-order valence-electron chi connectivity index (χ3n) is 2.49. The average molecular weight is 270 g/mol. The van der Waals surface area contributed by atoms with Crippen molar-refractivity contribution in [1.29, 1.82) is 0 Å². The molecule has 6 heteroatoms. The summed E-state index contributed by atoms with van der Waals surface area (Å²) in [7, 11) is 1.64. The summed E-state index contributed by atoms with van der Waals surface area (Å²) in [6.45, 7) is 4.97. The van der Waals surface area contributed by atoms with Crippen LogP contribution in [0.2, 0.25) is 0 Å². The Hall–Kier alpha value is -1.17. The molecule has 1 rings (SSSR count). The lowest BCUT2D eigenvalue weighted by Crippen LogP contribution is -2.18. The van der Waals surface area contributed by atoms with Crippen molar-refractivity contribution in [3.63, 3.8) is 0 Å². The Morgan fingerprint density at radius 2 is 2.11 bits per heavy atom. The zero-order chi connectivity index (χ0) is 13.4. The highest BCUT2D eigenvalue weighted by Crippen LogP contribution is 2.29. The predicted molar refractivity (Wildman–Crippen MR) is 78.8 cm³/mol. The standard InChI is InChI=1S/C12H22N4OS/c1-5-13-11-10(17-3)12(15-8-14-11)16-9(2)6-7-18-4/h8-9H,5-7H2,1-4H3,(H2,13,14,15,16). The van der Waals surface area contributed by atoms with Gasteiger partial charge in [0, 0.05) is 12.6 Å². The van der Waals surface area contributed by atoms with E-state index in [1.54, 1.807) is 13.4 Å². The van der Waals surface area contributed by atoms with Gasteiger partial charge in [0.2, 0.25) is 5.75 Å². The minimum absolute atomic E-state index is 0.357. The van der Waals surface area contributed by atoms with Crippen LogP contribution in [0.25, 0.3) is 0 Å². The number of rotatable bonds is 8. The number of hydrogen-bond acceptors (Lipinski definition) is 6. The zero-order valence-electron chi connectivity index (χ0n) is 11.5. The van der Waals surface area contributed by atoms with Crippen molar-refractivity contribution in [3.8, 4) is 5.75 Å². The van der Waals surface area contributed by atoms with E-state index in [0.717, 1.165) is 30.4 Å². The van der Waals surface area contributed by atoms with Crippen LogP contribution in [0.4, 0.5) is 11.6 Å². The summed E-state index contributed by atoms with van der Waals surface area (Å²) < 4.78 is 5.38. The Morgan fingerprint density at radius 1 is 1.39 bits per heavy atom. The lowest BCUT2D eigenvalue weighted by molar-refractivity contribution is 0.414. The van der Waals surface area contributed by atoms with Gasteiger partial charge in [-0.2, -0.15) is 11.8 Å². The Labute approximate surface area is 113 Å². The Kier molecular flexibility index (Phi) is 6.64. The molecule has 0 saturated carbocycles. The molecule has 0 aliphatic carbocycles. The largest absolute Gasteiger partial charge is 0.490 e. The monoisotopic (exact) mass is 270 g/mol. The van der Waals surface area contributed by atoms with Crippen molar-refractivity contribution < 1.29 is 4.74 Å². The van der Waals surface area contributed by atoms with E-state index < -0.39 is 0 Å². The van der Waals surface area contributed by atoms with Gasteiger partial charge in [-0.05, 0) is 32.3 Å². The number of hydrogen-bond donors (Lipinski definition) is 2.